The summed E-state index contributed by atoms with van der Waals surface area (Å²) >= 11 is 0. The molecule has 2 fully saturated rings. The zero-order valence-corrected chi connectivity index (χ0v) is 17.5. The monoisotopic (exact) mass is 481 g/mol. The lowest BCUT2D eigenvalue weighted by atomic mass is 10.1. The number of hydrogen-bond acceptors (Lipinski definition) is 3. The van der Waals surface area contributed by atoms with Crippen LogP contribution in [-0.4, -0.2) is 50.4 Å². The molecule has 1 N–H and O–H groups in total. The first-order valence-electron chi connectivity index (χ1n) is 8.38. The van der Waals surface area contributed by atoms with Gasteiger partial charge in [-0.3, -0.25) is 4.99 Å². The van der Waals surface area contributed by atoms with Gasteiger partial charge in [0.25, 0.3) is 0 Å². The standard InChI is InChI=1S/C17H24FN3O2S.HI/c1-21(11-13-2-4-15(18)5-3-13)17(20-16-6-7-16)19-10-14-8-9-24(22,23)12-14;/h2-5,14,16H,6-12H2,1H3,(H,19,20);1H. The molecule has 3 rings (SSSR count). The van der Waals surface area contributed by atoms with Gasteiger partial charge in [-0.1, -0.05) is 12.1 Å². The van der Waals surface area contributed by atoms with Gasteiger partial charge in [-0.05, 0) is 42.9 Å². The van der Waals surface area contributed by atoms with Crippen molar-refractivity contribution < 1.29 is 12.8 Å². The first-order chi connectivity index (χ1) is 11.4. The van der Waals surface area contributed by atoms with E-state index in [1.54, 1.807) is 12.1 Å². The number of nitrogens with zero attached hydrogens (tertiary/aromatic N) is 2. The van der Waals surface area contributed by atoms with Crippen LogP contribution >= 0.6 is 24.0 Å². The molecule has 1 aliphatic carbocycles. The minimum Gasteiger partial charge on any atom is -0.354 e. The maximum absolute atomic E-state index is 13.0. The van der Waals surface area contributed by atoms with Crippen molar-refractivity contribution in [2.45, 2.75) is 31.8 Å². The molecular formula is C17H25FIN3O2S. The molecule has 1 saturated heterocycles. The molecule has 1 heterocycles. The molecule has 0 spiro atoms. The smallest absolute Gasteiger partial charge is 0.194 e. The van der Waals surface area contributed by atoms with Crippen LogP contribution in [0.15, 0.2) is 29.3 Å². The summed E-state index contributed by atoms with van der Waals surface area (Å²) in [5, 5.41) is 3.42. The molecule has 2 aliphatic rings. The lowest BCUT2D eigenvalue weighted by Crippen LogP contribution is -2.40. The van der Waals surface area contributed by atoms with Crippen molar-refractivity contribution in [1.82, 2.24) is 10.2 Å². The number of benzene rings is 1. The quantitative estimate of drug-likeness (QED) is 0.399. The molecule has 1 aromatic rings. The summed E-state index contributed by atoms with van der Waals surface area (Å²) in [4.78, 5) is 6.67. The Balaban J connectivity index is 0.00000225. The average molecular weight is 481 g/mol. The van der Waals surface area contributed by atoms with Gasteiger partial charge in [0.15, 0.2) is 15.8 Å². The highest BCUT2D eigenvalue weighted by Crippen LogP contribution is 2.21. The number of nitrogens with one attached hydrogen (secondary N) is 1. The summed E-state index contributed by atoms with van der Waals surface area (Å²) in [6.45, 7) is 1.16. The summed E-state index contributed by atoms with van der Waals surface area (Å²) in [7, 11) is -0.918. The Bertz CT molecular complexity index is 705. The minimum absolute atomic E-state index is 0. The molecule has 1 aliphatic heterocycles. The molecule has 5 nitrogen and oxygen atoms in total. The van der Waals surface area contributed by atoms with Crippen molar-refractivity contribution >= 4 is 39.8 Å². The van der Waals surface area contributed by atoms with E-state index in [4.69, 9.17) is 0 Å². The van der Waals surface area contributed by atoms with E-state index in [1.165, 1.54) is 12.1 Å². The molecule has 1 aromatic carbocycles. The van der Waals surface area contributed by atoms with Crippen LogP contribution in [0, 0.1) is 11.7 Å². The topological polar surface area (TPSA) is 61.8 Å². The van der Waals surface area contributed by atoms with Crippen LogP contribution in [0.3, 0.4) is 0 Å². The molecule has 1 atom stereocenters. The SMILES string of the molecule is CN(Cc1ccc(F)cc1)C(=NCC1CCS(=O)(=O)C1)NC1CC1.I. The summed E-state index contributed by atoms with van der Waals surface area (Å²) in [6, 6.07) is 6.91. The normalized spacial score (nSPS) is 22.3. The van der Waals surface area contributed by atoms with Crippen molar-refractivity contribution in [3.8, 4) is 0 Å². The predicted octanol–water partition coefficient (Wildman–Crippen LogP) is 2.42. The number of aliphatic imine (C=N–C) groups is 1. The van der Waals surface area contributed by atoms with Crippen molar-refractivity contribution in [2.75, 3.05) is 25.1 Å². The van der Waals surface area contributed by atoms with E-state index < -0.39 is 9.84 Å². The second kappa shape index (κ2) is 8.66. The first kappa shape index (κ1) is 20.4. The van der Waals surface area contributed by atoms with Gasteiger partial charge >= 0.3 is 0 Å². The lowest BCUT2D eigenvalue weighted by molar-refractivity contribution is 0.469. The number of sulfone groups is 1. The van der Waals surface area contributed by atoms with E-state index in [2.05, 4.69) is 10.3 Å². The third kappa shape index (κ3) is 6.40. The van der Waals surface area contributed by atoms with E-state index in [0.717, 1.165) is 24.4 Å². The number of halogens is 2. The van der Waals surface area contributed by atoms with Crippen molar-refractivity contribution in [2.24, 2.45) is 10.9 Å². The summed E-state index contributed by atoms with van der Waals surface area (Å²) in [5.41, 5.74) is 1.01. The van der Waals surface area contributed by atoms with E-state index in [-0.39, 0.29) is 47.2 Å². The highest BCUT2D eigenvalue weighted by molar-refractivity contribution is 14.0. The number of hydrogen-bond donors (Lipinski definition) is 1. The third-order valence-corrected chi connectivity index (χ3v) is 6.27. The molecule has 1 unspecified atom stereocenters. The maximum Gasteiger partial charge on any atom is 0.194 e. The van der Waals surface area contributed by atoms with Crippen molar-refractivity contribution in [3.05, 3.63) is 35.6 Å². The highest BCUT2D eigenvalue weighted by atomic mass is 127. The highest BCUT2D eigenvalue weighted by Gasteiger charge is 2.28. The lowest BCUT2D eigenvalue weighted by Gasteiger charge is -2.23. The maximum atomic E-state index is 13.0. The van der Waals surface area contributed by atoms with Gasteiger partial charge in [0.05, 0.1) is 11.5 Å². The largest absolute Gasteiger partial charge is 0.354 e. The van der Waals surface area contributed by atoms with Crippen molar-refractivity contribution in [1.29, 1.82) is 0 Å². The van der Waals surface area contributed by atoms with Crippen molar-refractivity contribution in [3.63, 3.8) is 0 Å². The second-order valence-corrected chi connectivity index (χ2v) is 9.06. The van der Waals surface area contributed by atoms with Crippen LogP contribution < -0.4 is 5.32 Å². The zero-order valence-electron chi connectivity index (χ0n) is 14.3. The zero-order chi connectivity index (χ0) is 17.2. The Labute approximate surface area is 166 Å². The van der Waals surface area contributed by atoms with Gasteiger partial charge < -0.3 is 10.2 Å². The first-order valence-corrected chi connectivity index (χ1v) is 10.2. The summed E-state index contributed by atoms with van der Waals surface area (Å²) < 4.78 is 36.2. The molecule has 0 amide bonds. The Morgan fingerprint density at radius 2 is 1.96 bits per heavy atom. The van der Waals surface area contributed by atoms with Crippen LogP contribution in [0.5, 0.6) is 0 Å². The fourth-order valence-electron chi connectivity index (χ4n) is 2.86. The Hall–Kier alpha value is -0.900. The fourth-order valence-corrected chi connectivity index (χ4v) is 4.71. The Morgan fingerprint density at radius 3 is 2.52 bits per heavy atom. The van der Waals surface area contributed by atoms with E-state index in [1.807, 2.05) is 11.9 Å². The molecule has 140 valence electrons. The van der Waals surface area contributed by atoms with Gasteiger partial charge in [0, 0.05) is 26.2 Å². The van der Waals surface area contributed by atoms with Crippen LogP contribution in [0.2, 0.25) is 0 Å². The Morgan fingerprint density at radius 1 is 1.28 bits per heavy atom. The molecule has 1 saturated carbocycles. The Kier molecular flexibility index (Phi) is 7.07. The van der Waals surface area contributed by atoms with E-state index in [9.17, 15) is 12.8 Å². The number of guanidine groups is 1. The van der Waals surface area contributed by atoms with Gasteiger partial charge in [0.1, 0.15) is 5.82 Å². The molecule has 25 heavy (non-hydrogen) atoms. The van der Waals surface area contributed by atoms with Gasteiger partial charge in [0.2, 0.25) is 0 Å². The second-order valence-electron chi connectivity index (χ2n) is 6.83. The van der Waals surface area contributed by atoms with Crippen LogP contribution in [0.25, 0.3) is 0 Å². The average Bonchev–Trinajstić information content (AvgIpc) is 3.28. The number of rotatable bonds is 5. The van der Waals surface area contributed by atoms with Crippen LogP contribution in [0.4, 0.5) is 4.39 Å². The summed E-state index contributed by atoms with van der Waals surface area (Å²) in [5.74, 6) is 1.20. The molecule has 8 heteroatoms. The van der Waals surface area contributed by atoms with Gasteiger partial charge in [-0.2, -0.15) is 0 Å². The van der Waals surface area contributed by atoms with E-state index >= 15 is 0 Å². The van der Waals surface area contributed by atoms with E-state index in [0.29, 0.717) is 25.6 Å². The predicted molar refractivity (Wildman–Crippen MR) is 109 cm³/mol. The summed E-state index contributed by atoms with van der Waals surface area (Å²) in [6.07, 6.45) is 2.98. The minimum atomic E-state index is -2.87. The third-order valence-electron chi connectivity index (χ3n) is 4.43. The molecular weight excluding hydrogens is 456 g/mol. The fraction of sp³-hybridized carbons (Fsp3) is 0.588. The van der Waals surface area contributed by atoms with Crippen LogP contribution in [-0.2, 0) is 16.4 Å². The molecule has 0 radical (unpaired) electrons. The molecule has 0 bridgehead atoms. The molecule has 0 aromatic heterocycles. The van der Waals surface area contributed by atoms with Crippen LogP contribution in [0.1, 0.15) is 24.8 Å². The van der Waals surface area contributed by atoms with Gasteiger partial charge in [-0.15, -0.1) is 24.0 Å². The van der Waals surface area contributed by atoms with Gasteiger partial charge in [-0.25, -0.2) is 12.8 Å².